The van der Waals surface area contributed by atoms with Crippen molar-refractivity contribution in [1.29, 1.82) is 0 Å². The molecule has 1 saturated carbocycles. The highest BCUT2D eigenvalue weighted by atomic mass is 35.5. The maximum atomic E-state index is 13.3. The zero-order chi connectivity index (χ0) is 21.4. The van der Waals surface area contributed by atoms with E-state index in [4.69, 9.17) is 11.6 Å². The second-order valence-corrected chi connectivity index (χ2v) is 11.1. The Kier molecular flexibility index (Phi) is 6.95. The first-order chi connectivity index (χ1) is 14.3. The lowest BCUT2D eigenvalue weighted by Gasteiger charge is -2.50. The number of carbonyl (C=O) groups excluding carboxylic acids is 2. The number of alkyl halides is 1. The van der Waals surface area contributed by atoms with Gasteiger partial charge in [0.25, 0.3) is 0 Å². The van der Waals surface area contributed by atoms with Crippen molar-refractivity contribution >= 4 is 23.4 Å². The highest BCUT2D eigenvalue weighted by Gasteiger charge is 2.47. The Labute approximate surface area is 186 Å². The van der Waals surface area contributed by atoms with Crippen molar-refractivity contribution in [2.24, 2.45) is 23.7 Å². The van der Waals surface area contributed by atoms with Crippen LogP contribution in [0.15, 0.2) is 0 Å². The van der Waals surface area contributed by atoms with Crippen molar-refractivity contribution in [3.05, 3.63) is 0 Å². The smallest absolute Gasteiger partial charge is 0.237 e. The number of nitrogens with one attached hydrogen (secondary N) is 3. The molecule has 30 heavy (non-hydrogen) atoms. The number of hydrogen-bond donors (Lipinski definition) is 3. The molecule has 6 nitrogen and oxygen atoms in total. The maximum Gasteiger partial charge on any atom is 0.237 e. The zero-order valence-electron chi connectivity index (χ0n) is 18.7. The first kappa shape index (κ1) is 22.3. The molecular weight excluding hydrogens is 400 g/mol. The molecule has 0 bridgehead atoms. The van der Waals surface area contributed by atoms with Crippen LogP contribution < -0.4 is 16.0 Å². The lowest BCUT2D eigenvalue weighted by molar-refractivity contribution is -0.148. The molecule has 4 rings (SSSR count). The van der Waals surface area contributed by atoms with E-state index in [2.05, 4.69) is 34.7 Å². The molecule has 7 heteroatoms. The fourth-order valence-electron chi connectivity index (χ4n) is 6.45. The molecule has 2 amide bonds. The number of piperidine rings is 3. The summed E-state index contributed by atoms with van der Waals surface area (Å²) in [6, 6.07) is 0.905. The minimum absolute atomic E-state index is 0.0889. The van der Waals surface area contributed by atoms with E-state index in [0.29, 0.717) is 42.3 Å². The number of fused-ring (bicyclic) bond motifs is 1. The molecule has 3 N–H and O–H groups in total. The standard InChI is InChI=1S/C23H39ClN4O2/c1-13-4-6-17(27-22(29)20-7-5-16(24)12-26-20)10-18(13)19-9-15-11-25-14(2)8-21(15)28(3)23(19)30/h13-21,25-26H,4-12H2,1-3H3,(H,27,29). The van der Waals surface area contributed by atoms with Gasteiger partial charge >= 0.3 is 0 Å². The topological polar surface area (TPSA) is 73.5 Å². The third-order valence-corrected chi connectivity index (χ3v) is 8.75. The van der Waals surface area contributed by atoms with Gasteiger partial charge in [-0.2, -0.15) is 0 Å². The molecule has 3 heterocycles. The number of nitrogens with zero attached hydrogens (tertiary/aromatic N) is 1. The Bertz CT molecular complexity index is 639. The third-order valence-electron chi connectivity index (χ3n) is 8.38. The van der Waals surface area contributed by atoms with Crippen LogP contribution in [0.25, 0.3) is 0 Å². The minimum atomic E-state index is -0.128. The fourth-order valence-corrected chi connectivity index (χ4v) is 6.66. The molecule has 9 unspecified atom stereocenters. The highest BCUT2D eigenvalue weighted by molar-refractivity contribution is 6.20. The molecule has 9 atom stereocenters. The molecule has 170 valence electrons. The van der Waals surface area contributed by atoms with Crippen molar-refractivity contribution in [2.75, 3.05) is 20.1 Å². The Balaban J connectivity index is 1.38. The first-order valence-corrected chi connectivity index (χ1v) is 12.4. The SMILES string of the molecule is CC1CC2C(CN1)CC(C1CC(NC(=O)C3CCC(Cl)CN3)CCC1C)C(=O)N2C. The lowest BCUT2D eigenvalue weighted by Crippen LogP contribution is -2.60. The molecule has 4 fully saturated rings. The van der Waals surface area contributed by atoms with Crippen molar-refractivity contribution in [3.63, 3.8) is 0 Å². The molecule has 0 spiro atoms. The number of amides is 2. The van der Waals surface area contributed by atoms with E-state index in [0.717, 1.165) is 51.5 Å². The van der Waals surface area contributed by atoms with E-state index in [1.165, 1.54) is 0 Å². The number of carbonyl (C=O) groups is 2. The van der Waals surface area contributed by atoms with Crippen LogP contribution in [-0.4, -0.2) is 66.4 Å². The summed E-state index contributed by atoms with van der Waals surface area (Å²) in [5, 5.41) is 10.3. The minimum Gasteiger partial charge on any atom is -0.352 e. The van der Waals surface area contributed by atoms with Crippen LogP contribution in [0.5, 0.6) is 0 Å². The highest BCUT2D eigenvalue weighted by Crippen LogP contribution is 2.43. The van der Waals surface area contributed by atoms with Crippen LogP contribution in [0.4, 0.5) is 0 Å². The predicted molar refractivity (Wildman–Crippen MR) is 119 cm³/mol. The van der Waals surface area contributed by atoms with Crippen LogP contribution in [0.3, 0.4) is 0 Å². The van der Waals surface area contributed by atoms with Crippen LogP contribution in [0.2, 0.25) is 0 Å². The van der Waals surface area contributed by atoms with Crippen LogP contribution in [-0.2, 0) is 9.59 Å². The van der Waals surface area contributed by atoms with Gasteiger partial charge in [-0.15, -0.1) is 11.6 Å². The van der Waals surface area contributed by atoms with Gasteiger partial charge in [-0.3, -0.25) is 9.59 Å². The summed E-state index contributed by atoms with van der Waals surface area (Å²) in [7, 11) is 2.01. The van der Waals surface area contributed by atoms with Gasteiger partial charge in [0.2, 0.25) is 11.8 Å². The van der Waals surface area contributed by atoms with E-state index in [-0.39, 0.29) is 29.3 Å². The Hall–Kier alpha value is -0.850. The van der Waals surface area contributed by atoms with Gasteiger partial charge in [0.05, 0.1) is 6.04 Å². The van der Waals surface area contributed by atoms with Crippen molar-refractivity contribution in [1.82, 2.24) is 20.9 Å². The molecular formula is C23H39ClN4O2. The van der Waals surface area contributed by atoms with Gasteiger partial charge in [0, 0.05) is 49.6 Å². The fraction of sp³-hybridized carbons (Fsp3) is 0.913. The molecule has 1 aliphatic carbocycles. The molecule has 3 aliphatic heterocycles. The molecule has 3 saturated heterocycles. The van der Waals surface area contributed by atoms with Gasteiger partial charge in [-0.1, -0.05) is 6.92 Å². The van der Waals surface area contributed by atoms with E-state index in [1.54, 1.807) is 0 Å². The van der Waals surface area contributed by atoms with Crippen LogP contribution in [0, 0.1) is 23.7 Å². The van der Waals surface area contributed by atoms with E-state index < -0.39 is 0 Å². The lowest BCUT2D eigenvalue weighted by atomic mass is 9.65. The Morgan fingerprint density at radius 2 is 1.87 bits per heavy atom. The van der Waals surface area contributed by atoms with E-state index in [1.807, 2.05) is 7.05 Å². The average Bonchev–Trinajstić information content (AvgIpc) is 2.73. The van der Waals surface area contributed by atoms with Gasteiger partial charge in [-0.25, -0.2) is 0 Å². The second kappa shape index (κ2) is 9.33. The van der Waals surface area contributed by atoms with Gasteiger partial charge in [-0.05, 0) is 69.6 Å². The largest absolute Gasteiger partial charge is 0.352 e. The summed E-state index contributed by atoms with van der Waals surface area (Å²) < 4.78 is 0. The normalized spacial score (nSPS) is 45.0. The molecule has 0 aromatic carbocycles. The summed E-state index contributed by atoms with van der Waals surface area (Å²) in [6.45, 7) is 6.22. The van der Waals surface area contributed by atoms with Gasteiger partial charge < -0.3 is 20.9 Å². The number of hydrogen-bond acceptors (Lipinski definition) is 4. The van der Waals surface area contributed by atoms with Gasteiger partial charge in [0.15, 0.2) is 0 Å². The number of rotatable bonds is 3. The molecule has 0 aromatic heterocycles. The monoisotopic (exact) mass is 438 g/mol. The summed E-state index contributed by atoms with van der Waals surface area (Å²) in [5.74, 6) is 1.95. The first-order valence-electron chi connectivity index (χ1n) is 12.0. The average molecular weight is 439 g/mol. The van der Waals surface area contributed by atoms with E-state index in [9.17, 15) is 9.59 Å². The zero-order valence-corrected chi connectivity index (χ0v) is 19.5. The summed E-state index contributed by atoms with van der Waals surface area (Å²) in [4.78, 5) is 28.2. The third kappa shape index (κ3) is 4.66. The Morgan fingerprint density at radius 1 is 1.07 bits per heavy atom. The van der Waals surface area contributed by atoms with Crippen molar-refractivity contribution in [2.45, 2.75) is 88.3 Å². The molecule has 0 aromatic rings. The molecule has 0 radical (unpaired) electrons. The number of likely N-dealkylation sites (tertiary alicyclic amines) is 1. The number of halogens is 1. The predicted octanol–water partition coefficient (Wildman–Crippen LogP) is 2.11. The quantitative estimate of drug-likeness (QED) is 0.590. The summed E-state index contributed by atoms with van der Waals surface area (Å²) >= 11 is 6.15. The molecule has 4 aliphatic rings. The van der Waals surface area contributed by atoms with E-state index >= 15 is 0 Å². The summed E-state index contributed by atoms with van der Waals surface area (Å²) in [6.07, 6.45) is 6.73. The van der Waals surface area contributed by atoms with Crippen LogP contribution in [0.1, 0.15) is 58.8 Å². The van der Waals surface area contributed by atoms with Crippen molar-refractivity contribution in [3.8, 4) is 0 Å². The second-order valence-electron chi connectivity index (χ2n) is 10.5. The van der Waals surface area contributed by atoms with Gasteiger partial charge in [0.1, 0.15) is 0 Å². The Morgan fingerprint density at radius 3 is 2.60 bits per heavy atom. The van der Waals surface area contributed by atoms with Crippen molar-refractivity contribution < 1.29 is 9.59 Å². The summed E-state index contributed by atoms with van der Waals surface area (Å²) in [5.41, 5.74) is 0. The maximum absolute atomic E-state index is 13.3. The van der Waals surface area contributed by atoms with Crippen LogP contribution >= 0.6 is 11.6 Å².